The molecule has 1 aromatic rings. The van der Waals surface area contributed by atoms with E-state index < -0.39 is 0 Å². The molecule has 1 amide bonds. The molecule has 4 heteroatoms. The van der Waals surface area contributed by atoms with Gasteiger partial charge < -0.3 is 15.8 Å². The van der Waals surface area contributed by atoms with Gasteiger partial charge in [0.2, 0.25) is 0 Å². The monoisotopic (exact) mass is 332 g/mol. The molecule has 0 unspecified atom stereocenters. The number of hydrogen-bond donors (Lipinski definition) is 2. The van der Waals surface area contributed by atoms with Crippen LogP contribution in [0, 0.1) is 0 Å². The van der Waals surface area contributed by atoms with E-state index in [0.29, 0.717) is 18.7 Å². The fourth-order valence-electron chi connectivity index (χ4n) is 3.31. The molecule has 24 heavy (non-hydrogen) atoms. The van der Waals surface area contributed by atoms with E-state index in [1.807, 2.05) is 30.3 Å². The molecule has 2 saturated carbocycles. The molecule has 3 N–H and O–H groups in total. The predicted octanol–water partition coefficient (Wildman–Crippen LogP) is 4.52. The van der Waals surface area contributed by atoms with Crippen molar-refractivity contribution in [2.45, 2.75) is 82.9 Å². The van der Waals surface area contributed by atoms with Gasteiger partial charge in [-0.25, -0.2) is 4.79 Å². The second-order valence-electron chi connectivity index (χ2n) is 6.94. The second-order valence-corrected chi connectivity index (χ2v) is 6.94. The van der Waals surface area contributed by atoms with Crippen LogP contribution in [0.5, 0.6) is 0 Å². The van der Waals surface area contributed by atoms with Gasteiger partial charge in [0.1, 0.15) is 6.61 Å². The fourth-order valence-corrected chi connectivity index (χ4v) is 3.31. The van der Waals surface area contributed by atoms with Gasteiger partial charge >= 0.3 is 6.09 Å². The predicted molar refractivity (Wildman–Crippen MR) is 97.7 cm³/mol. The van der Waals surface area contributed by atoms with Crippen molar-refractivity contribution in [3.05, 3.63) is 35.9 Å². The van der Waals surface area contributed by atoms with Gasteiger partial charge in [0.05, 0.1) is 0 Å². The first-order chi connectivity index (χ1) is 11.7. The third kappa shape index (κ3) is 7.82. The van der Waals surface area contributed by atoms with Crippen molar-refractivity contribution in [2.24, 2.45) is 5.73 Å². The van der Waals surface area contributed by atoms with Crippen LogP contribution in [-0.4, -0.2) is 18.2 Å². The number of carbonyl (C=O) groups is 1. The maximum Gasteiger partial charge on any atom is 0.407 e. The summed E-state index contributed by atoms with van der Waals surface area (Å²) in [6, 6.07) is 10.6. The number of alkyl carbamates (subject to hydrolysis) is 1. The molecule has 2 aliphatic carbocycles. The average Bonchev–Trinajstić information content (AvgIpc) is 2.63. The Balaban J connectivity index is 0.000000249. The molecule has 134 valence electrons. The van der Waals surface area contributed by atoms with Gasteiger partial charge in [-0.2, -0.15) is 0 Å². The molecule has 0 radical (unpaired) electrons. The van der Waals surface area contributed by atoms with Gasteiger partial charge in [-0.1, -0.05) is 68.9 Å². The van der Waals surface area contributed by atoms with Crippen molar-refractivity contribution >= 4 is 6.09 Å². The lowest BCUT2D eigenvalue weighted by molar-refractivity contribution is 0.133. The summed E-state index contributed by atoms with van der Waals surface area (Å²) in [5, 5.41) is 2.93. The lowest BCUT2D eigenvalue weighted by Crippen LogP contribution is -2.36. The quantitative estimate of drug-likeness (QED) is 0.855. The minimum Gasteiger partial charge on any atom is -0.445 e. The third-order valence-corrected chi connectivity index (χ3v) is 4.79. The molecule has 0 bridgehead atoms. The first-order valence-corrected chi connectivity index (χ1v) is 9.47. The maximum atomic E-state index is 11.6. The SMILES string of the molecule is NC1CCCCC1.O=C(NC1CCCCC1)OCc1ccccc1. The van der Waals surface area contributed by atoms with E-state index in [1.54, 1.807) is 0 Å². The molecular weight excluding hydrogens is 300 g/mol. The average molecular weight is 332 g/mol. The van der Waals surface area contributed by atoms with Gasteiger partial charge in [0.25, 0.3) is 0 Å². The molecule has 0 saturated heterocycles. The van der Waals surface area contributed by atoms with Crippen LogP contribution in [0.1, 0.15) is 69.8 Å². The largest absolute Gasteiger partial charge is 0.445 e. The molecule has 3 rings (SSSR count). The molecule has 0 spiro atoms. The summed E-state index contributed by atoms with van der Waals surface area (Å²) in [7, 11) is 0. The van der Waals surface area contributed by atoms with Crippen LogP contribution in [-0.2, 0) is 11.3 Å². The van der Waals surface area contributed by atoms with E-state index in [1.165, 1.54) is 51.4 Å². The van der Waals surface area contributed by atoms with Crippen LogP contribution in [0.25, 0.3) is 0 Å². The van der Waals surface area contributed by atoms with Crippen LogP contribution in [0.2, 0.25) is 0 Å². The van der Waals surface area contributed by atoms with E-state index >= 15 is 0 Å². The zero-order chi connectivity index (χ0) is 17.0. The molecule has 1 aromatic carbocycles. The van der Waals surface area contributed by atoms with Crippen molar-refractivity contribution in [2.75, 3.05) is 0 Å². The minimum atomic E-state index is -0.291. The summed E-state index contributed by atoms with van der Waals surface area (Å²) in [6.45, 7) is 0.347. The minimum absolute atomic E-state index is 0.291. The van der Waals surface area contributed by atoms with Crippen LogP contribution in [0.15, 0.2) is 30.3 Å². The number of nitrogens with one attached hydrogen (secondary N) is 1. The lowest BCUT2D eigenvalue weighted by atomic mass is 9.96. The molecule has 2 fully saturated rings. The van der Waals surface area contributed by atoms with Crippen LogP contribution < -0.4 is 11.1 Å². The van der Waals surface area contributed by atoms with Crippen LogP contribution in [0.4, 0.5) is 4.79 Å². The number of carbonyl (C=O) groups excluding carboxylic acids is 1. The van der Waals surface area contributed by atoms with Crippen molar-refractivity contribution in [3.63, 3.8) is 0 Å². The topological polar surface area (TPSA) is 64.4 Å². The molecule has 2 aliphatic rings. The standard InChI is InChI=1S/C14H19NO2.C6H13N/c16-14(15-13-9-5-2-6-10-13)17-11-12-7-3-1-4-8-12;7-6-4-2-1-3-5-6/h1,3-4,7-8,13H,2,5-6,9-11H2,(H,15,16);6H,1-5,7H2. The van der Waals surface area contributed by atoms with Crippen LogP contribution in [0.3, 0.4) is 0 Å². The molecular formula is C20H32N2O2. The Morgan fingerprint density at radius 2 is 1.54 bits per heavy atom. The highest BCUT2D eigenvalue weighted by molar-refractivity contribution is 5.67. The van der Waals surface area contributed by atoms with E-state index in [9.17, 15) is 4.79 Å². The summed E-state index contributed by atoms with van der Waals surface area (Å²) in [5.74, 6) is 0. The van der Waals surface area contributed by atoms with Crippen LogP contribution >= 0.6 is 0 Å². The van der Waals surface area contributed by atoms with Gasteiger partial charge in [0, 0.05) is 12.1 Å². The van der Waals surface area contributed by atoms with Crippen molar-refractivity contribution in [1.82, 2.24) is 5.32 Å². The molecule has 0 aliphatic heterocycles. The van der Waals surface area contributed by atoms with Gasteiger partial charge in [-0.3, -0.25) is 0 Å². The lowest BCUT2D eigenvalue weighted by Gasteiger charge is -2.22. The maximum absolute atomic E-state index is 11.6. The Bertz CT molecular complexity index is 452. The summed E-state index contributed by atoms with van der Waals surface area (Å²) in [6.07, 6.45) is 12.3. The number of amides is 1. The Kier molecular flexibility index (Phi) is 8.67. The van der Waals surface area contributed by atoms with Gasteiger partial charge in [-0.05, 0) is 31.2 Å². The normalized spacial score (nSPS) is 19.0. The smallest absolute Gasteiger partial charge is 0.407 e. The second kappa shape index (κ2) is 11.1. The zero-order valence-electron chi connectivity index (χ0n) is 14.7. The summed E-state index contributed by atoms with van der Waals surface area (Å²) in [5.41, 5.74) is 6.65. The zero-order valence-corrected chi connectivity index (χ0v) is 14.7. The number of nitrogens with two attached hydrogens (primary N) is 1. The number of ether oxygens (including phenoxy) is 1. The van der Waals surface area contributed by atoms with Crippen molar-refractivity contribution < 1.29 is 9.53 Å². The van der Waals surface area contributed by atoms with E-state index in [2.05, 4.69) is 5.32 Å². The van der Waals surface area contributed by atoms with E-state index in [4.69, 9.17) is 10.5 Å². The molecule has 4 nitrogen and oxygen atoms in total. The van der Waals surface area contributed by atoms with Crippen molar-refractivity contribution in [1.29, 1.82) is 0 Å². The molecule has 0 aromatic heterocycles. The van der Waals surface area contributed by atoms with Gasteiger partial charge in [0.15, 0.2) is 0 Å². The van der Waals surface area contributed by atoms with E-state index in [0.717, 1.165) is 18.4 Å². The molecule has 0 heterocycles. The fraction of sp³-hybridized carbons (Fsp3) is 0.650. The Hall–Kier alpha value is -1.55. The van der Waals surface area contributed by atoms with E-state index in [-0.39, 0.29) is 6.09 Å². The Labute approximate surface area is 146 Å². The number of hydrogen-bond acceptors (Lipinski definition) is 3. The van der Waals surface area contributed by atoms with Gasteiger partial charge in [-0.15, -0.1) is 0 Å². The highest BCUT2D eigenvalue weighted by atomic mass is 16.5. The first kappa shape index (κ1) is 18.8. The highest BCUT2D eigenvalue weighted by Crippen LogP contribution is 2.17. The number of benzene rings is 1. The Morgan fingerprint density at radius 3 is 2.08 bits per heavy atom. The first-order valence-electron chi connectivity index (χ1n) is 9.47. The molecule has 0 atom stereocenters. The summed E-state index contributed by atoms with van der Waals surface area (Å²) >= 11 is 0. The Morgan fingerprint density at radius 1 is 0.958 bits per heavy atom. The summed E-state index contributed by atoms with van der Waals surface area (Å²) < 4.78 is 5.18. The third-order valence-electron chi connectivity index (χ3n) is 4.79. The number of rotatable bonds is 3. The van der Waals surface area contributed by atoms with Crippen molar-refractivity contribution in [3.8, 4) is 0 Å². The summed E-state index contributed by atoms with van der Waals surface area (Å²) in [4.78, 5) is 11.6. The highest BCUT2D eigenvalue weighted by Gasteiger charge is 2.16.